The maximum absolute atomic E-state index is 2.76. The van der Waals surface area contributed by atoms with Gasteiger partial charge in [0.2, 0.25) is 0 Å². The highest BCUT2D eigenvalue weighted by atomic mass is 32.1. The van der Waals surface area contributed by atoms with E-state index in [0.717, 1.165) is 0 Å². The molecule has 72 heavy (non-hydrogen) atoms. The second-order valence-electron chi connectivity index (χ2n) is 28.4. The van der Waals surface area contributed by atoms with Gasteiger partial charge in [-0.05, 0) is 200 Å². The molecule has 2 aliphatic heterocycles. The number of rotatable bonds is 4. The Labute approximate surface area is 438 Å². The van der Waals surface area contributed by atoms with Crippen molar-refractivity contribution in [3.63, 3.8) is 0 Å². The lowest BCUT2D eigenvalue weighted by molar-refractivity contribution is 0.332. The van der Waals surface area contributed by atoms with Gasteiger partial charge in [0, 0.05) is 43.2 Å². The highest BCUT2D eigenvalue weighted by Gasteiger charge is 2.48. The van der Waals surface area contributed by atoms with E-state index in [0.29, 0.717) is 0 Å². The largest absolute Gasteiger partial charge is 0.311 e. The van der Waals surface area contributed by atoms with E-state index in [1.165, 1.54) is 159 Å². The van der Waals surface area contributed by atoms with Crippen LogP contribution in [0.3, 0.4) is 0 Å². The quantitative estimate of drug-likeness (QED) is 0.162. The van der Waals surface area contributed by atoms with Crippen molar-refractivity contribution in [3.8, 4) is 11.1 Å². The van der Waals surface area contributed by atoms with Gasteiger partial charge in [-0.25, -0.2) is 0 Å². The van der Waals surface area contributed by atoms with Crippen LogP contribution in [-0.4, -0.2) is 14.8 Å². The van der Waals surface area contributed by atoms with E-state index in [1.54, 1.807) is 0 Å². The zero-order valence-corrected chi connectivity index (χ0v) is 48.7. The molecule has 1 aromatic heterocycles. The summed E-state index contributed by atoms with van der Waals surface area (Å²) >= 11 is 2.07. The maximum Gasteiger partial charge on any atom is 0.264 e. The molecule has 2 nitrogen and oxygen atoms in total. The molecule has 0 bridgehead atoms. The fourth-order valence-electron chi connectivity index (χ4n) is 14.2. The fourth-order valence-corrected chi connectivity index (χ4v) is 16.7. The van der Waals surface area contributed by atoms with Crippen LogP contribution in [0.15, 0.2) is 97.1 Å². The minimum atomic E-state index is -1.52. The summed E-state index contributed by atoms with van der Waals surface area (Å²) in [6.07, 6.45) is 7.15. The highest BCUT2D eigenvalue weighted by molar-refractivity contribution is 7.33. The molecule has 0 saturated heterocycles. The topological polar surface area (TPSA) is 6.48 Å². The fraction of sp³-hybridized carbons (Fsp3) is 0.433. The van der Waals surface area contributed by atoms with Crippen LogP contribution in [0.2, 0.25) is 19.6 Å². The summed E-state index contributed by atoms with van der Waals surface area (Å²) in [6, 6.07) is 40.5. The van der Waals surface area contributed by atoms with Gasteiger partial charge < -0.3 is 9.80 Å². The average molecular weight is 983 g/mol. The molecule has 0 unspecified atom stereocenters. The predicted octanol–water partition coefficient (Wildman–Crippen LogP) is 16.9. The van der Waals surface area contributed by atoms with Crippen molar-refractivity contribution in [1.29, 1.82) is 0 Å². The summed E-state index contributed by atoms with van der Waals surface area (Å²) < 4.78 is 2.89. The Morgan fingerprint density at radius 2 is 0.958 bits per heavy atom. The Hall–Kier alpha value is -4.84. The molecule has 0 spiro atoms. The third-order valence-corrected chi connectivity index (χ3v) is 22.6. The standard InChI is InChI=1S/C67H79BN2SSi/c1-40-18-25-53-55(32-40)70(54-38-51-49(64(7,8)28-30-66(51,11)12)36-45(54)42-19-22-44(23-20-42)72(15,16)17)57-34-41(2)33-56-59(57)68(53)61-60(46-37-50-52(39-58(46)71-61)67(13,14)31-29-65(50,9)10)69(56)43-21-24-47-48(35-43)63(5,6)27-26-62(47,3)4/h18-25,32-39H,26-31H2,1-17H3. The van der Waals surface area contributed by atoms with E-state index in [2.05, 4.69) is 235 Å². The van der Waals surface area contributed by atoms with E-state index in [9.17, 15) is 0 Å². The summed E-state index contributed by atoms with van der Waals surface area (Å²) in [7, 11) is -1.52. The lowest BCUT2D eigenvalue weighted by atomic mass is 9.36. The lowest BCUT2D eigenvalue weighted by Crippen LogP contribution is -2.60. The number of thiophene rings is 1. The average Bonchev–Trinajstić information content (AvgIpc) is 3.68. The molecule has 0 amide bonds. The molecule has 0 saturated carbocycles. The number of benzene rings is 6. The molecule has 5 heteroatoms. The Kier molecular flexibility index (Phi) is 10.3. The van der Waals surface area contributed by atoms with Crippen LogP contribution >= 0.6 is 11.3 Å². The number of nitrogens with zero attached hydrogens (tertiary/aromatic N) is 2. The summed E-state index contributed by atoms with van der Waals surface area (Å²) in [5.74, 6) is 0. The number of hydrogen-bond donors (Lipinski definition) is 0. The van der Waals surface area contributed by atoms with Gasteiger partial charge in [-0.2, -0.15) is 0 Å². The third-order valence-electron chi connectivity index (χ3n) is 19.3. The molecule has 12 rings (SSSR count). The van der Waals surface area contributed by atoms with Gasteiger partial charge in [-0.3, -0.25) is 0 Å². The SMILES string of the molecule is Cc1ccc2c(c1)N(c1cc3c(cc1-c1ccc([Si](C)(C)C)cc1)C(C)(C)CCC3(C)C)c1cc(C)cc3c1B2c1sc2cc4c(cc2c1N3c1ccc2c(c1)C(C)(C)CCC2(C)C)C(C)(C)CCC4(C)C. The van der Waals surface area contributed by atoms with E-state index in [-0.39, 0.29) is 39.2 Å². The molecule has 3 heterocycles. The van der Waals surface area contributed by atoms with E-state index < -0.39 is 8.07 Å². The monoisotopic (exact) mass is 983 g/mol. The minimum absolute atomic E-state index is 0.0411. The molecule has 3 aliphatic carbocycles. The highest BCUT2D eigenvalue weighted by Crippen LogP contribution is 2.56. The molecule has 0 fully saturated rings. The van der Waals surface area contributed by atoms with Crippen molar-refractivity contribution in [2.75, 3.05) is 9.80 Å². The van der Waals surface area contributed by atoms with E-state index >= 15 is 0 Å². The number of hydrogen-bond acceptors (Lipinski definition) is 3. The van der Waals surface area contributed by atoms with E-state index in [4.69, 9.17) is 0 Å². The lowest BCUT2D eigenvalue weighted by Gasteiger charge is -2.46. The molecular weight excluding hydrogens is 904 g/mol. The van der Waals surface area contributed by atoms with Gasteiger partial charge in [0.15, 0.2) is 0 Å². The van der Waals surface area contributed by atoms with Crippen LogP contribution in [0.4, 0.5) is 34.1 Å². The molecule has 5 aliphatic rings. The normalized spacial score (nSPS) is 20.3. The maximum atomic E-state index is 2.76. The van der Waals surface area contributed by atoms with Gasteiger partial charge >= 0.3 is 0 Å². The van der Waals surface area contributed by atoms with Crippen LogP contribution in [0.5, 0.6) is 0 Å². The van der Waals surface area contributed by atoms with Crippen molar-refractivity contribution in [2.45, 2.75) is 188 Å². The molecule has 0 radical (unpaired) electrons. The van der Waals surface area contributed by atoms with Crippen molar-refractivity contribution < 1.29 is 0 Å². The number of aryl methyl sites for hydroxylation is 2. The zero-order chi connectivity index (χ0) is 51.2. The summed E-state index contributed by atoms with van der Waals surface area (Å²) in [5, 5.41) is 2.91. The van der Waals surface area contributed by atoms with Crippen LogP contribution in [0, 0.1) is 13.8 Å². The molecule has 370 valence electrons. The van der Waals surface area contributed by atoms with Crippen molar-refractivity contribution in [3.05, 3.63) is 142 Å². The molecule has 7 aromatic rings. The zero-order valence-electron chi connectivity index (χ0n) is 46.9. The van der Waals surface area contributed by atoms with Crippen molar-refractivity contribution in [1.82, 2.24) is 0 Å². The third kappa shape index (κ3) is 7.12. The van der Waals surface area contributed by atoms with Gasteiger partial charge in [0.1, 0.15) is 0 Å². The Balaban J connectivity index is 1.19. The Morgan fingerprint density at radius 1 is 0.458 bits per heavy atom. The first kappa shape index (κ1) is 48.1. The molecule has 0 N–H and O–H groups in total. The smallest absolute Gasteiger partial charge is 0.264 e. The minimum Gasteiger partial charge on any atom is -0.311 e. The van der Waals surface area contributed by atoms with Gasteiger partial charge in [-0.15, -0.1) is 11.3 Å². The van der Waals surface area contributed by atoms with Crippen LogP contribution < -0.4 is 30.7 Å². The Morgan fingerprint density at radius 3 is 1.54 bits per heavy atom. The van der Waals surface area contributed by atoms with Crippen LogP contribution in [0.25, 0.3) is 21.2 Å². The first-order valence-corrected chi connectivity index (χ1v) is 31.8. The number of anilines is 6. The molecule has 0 atom stereocenters. The van der Waals surface area contributed by atoms with Gasteiger partial charge in [0.25, 0.3) is 6.71 Å². The summed E-state index contributed by atoms with van der Waals surface area (Å²) in [4.78, 5) is 5.50. The summed E-state index contributed by atoms with van der Waals surface area (Å²) in [5.41, 5.74) is 25.6. The summed E-state index contributed by atoms with van der Waals surface area (Å²) in [6.45, 7) is 41.9. The number of fused-ring (bicyclic) bond motifs is 9. The van der Waals surface area contributed by atoms with Crippen molar-refractivity contribution in [2.24, 2.45) is 0 Å². The molecular formula is C67H79BN2SSi. The Bertz CT molecular complexity index is 3440. The van der Waals surface area contributed by atoms with Gasteiger partial charge in [-0.1, -0.05) is 150 Å². The molecule has 6 aromatic carbocycles. The van der Waals surface area contributed by atoms with Crippen LogP contribution in [-0.2, 0) is 32.5 Å². The predicted molar refractivity (Wildman–Crippen MR) is 320 cm³/mol. The second-order valence-corrected chi connectivity index (χ2v) is 34.5. The van der Waals surface area contributed by atoms with Crippen molar-refractivity contribution >= 4 is 91.2 Å². The van der Waals surface area contributed by atoms with Gasteiger partial charge in [0.05, 0.1) is 19.4 Å². The first-order chi connectivity index (χ1) is 33.6. The second kappa shape index (κ2) is 15.4. The van der Waals surface area contributed by atoms with Crippen LogP contribution in [0.1, 0.15) is 166 Å². The van der Waals surface area contributed by atoms with E-state index in [1.807, 2.05) is 0 Å². The first-order valence-electron chi connectivity index (χ1n) is 27.5.